The van der Waals surface area contributed by atoms with Crippen molar-refractivity contribution in [3.63, 3.8) is 0 Å². The molecular formula is C10H14O4. The van der Waals surface area contributed by atoms with Crippen LogP contribution in [0.1, 0.15) is 20.8 Å². The van der Waals surface area contributed by atoms with E-state index in [1.54, 1.807) is 0 Å². The number of cyclic esters (lactones) is 1. The van der Waals surface area contributed by atoms with E-state index in [-0.39, 0.29) is 5.92 Å². The molecule has 4 nitrogen and oxygen atoms in total. The second-order valence-corrected chi connectivity index (χ2v) is 3.84. The summed E-state index contributed by atoms with van der Waals surface area (Å²) in [6.07, 6.45) is 1.20. The molecule has 1 heterocycles. The zero-order chi connectivity index (χ0) is 10.9. The van der Waals surface area contributed by atoms with Gasteiger partial charge in [-0.3, -0.25) is 0 Å². The van der Waals surface area contributed by atoms with Crippen LogP contribution in [-0.2, 0) is 19.1 Å². The summed E-state index contributed by atoms with van der Waals surface area (Å²) in [6, 6.07) is 0. The molecular weight excluding hydrogens is 184 g/mol. The Labute approximate surface area is 82.9 Å². The van der Waals surface area contributed by atoms with Gasteiger partial charge in [-0.1, -0.05) is 6.92 Å². The molecule has 1 rings (SSSR count). The van der Waals surface area contributed by atoms with Crippen LogP contribution < -0.4 is 0 Å². The third-order valence-electron chi connectivity index (χ3n) is 2.58. The average Bonchev–Trinajstić information content (AvgIpc) is 2.28. The second-order valence-electron chi connectivity index (χ2n) is 3.84. The predicted molar refractivity (Wildman–Crippen MR) is 49.4 cm³/mol. The first kappa shape index (κ1) is 10.8. The molecule has 1 unspecified atom stereocenters. The van der Waals surface area contributed by atoms with Gasteiger partial charge in [0.1, 0.15) is 5.60 Å². The van der Waals surface area contributed by atoms with Gasteiger partial charge in [0.25, 0.3) is 0 Å². The summed E-state index contributed by atoms with van der Waals surface area (Å²) in [4.78, 5) is 22.3. The summed E-state index contributed by atoms with van der Waals surface area (Å²) in [5, 5.41) is 0. The quantitative estimate of drug-likeness (QED) is 0.467. The highest BCUT2D eigenvalue weighted by molar-refractivity contribution is 5.98. The van der Waals surface area contributed by atoms with Crippen LogP contribution in [0, 0.1) is 5.92 Å². The van der Waals surface area contributed by atoms with Gasteiger partial charge in [0.15, 0.2) is 0 Å². The van der Waals surface area contributed by atoms with Gasteiger partial charge in [0.2, 0.25) is 0 Å². The smallest absolute Gasteiger partial charge is 0.335 e. The van der Waals surface area contributed by atoms with Crippen molar-refractivity contribution in [1.82, 2.24) is 0 Å². The summed E-state index contributed by atoms with van der Waals surface area (Å²) < 4.78 is 9.56. The van der Waals surface area contributed by atoms with Gasteiger partial charge >= 0.3 is 11.9 Å². The Morgan fingerprint density at radius 1 is 1.57 bits per heavy atom. The minimum absolute atomic E-state index is 0.103. The monoisotopic (exact) mass is 198 g/mol. The Morgan fingerprint density at radius 3 is 2.50 bits per heavy atom. The first-order chi connectivity index (χ1) is 6.38. The van der Waals surface area contributed by atoms with Crippen LogP contribution in [0.3, 0.4) is 0 Å². The molecule has 4 heteroatoms. The molecule has 1 saturated heterocycles. The fraction of sp³-hybridized carbons (Fsp3) is 0.600. The van der Waals surface area contributed by atoms with Gasteiger partial charge < -0.3 is 9.47 Å². The van der Waals surface area contributed by atoms with Crippen LogP contribution in [0.2, 0.25) is 0 Å². The van der Waals surface area contributed by atoms with E-state index in [9.17, 15) is 9.59 Å². The maximum atomic E-state index is 11.4. The van der Waals surface area contributed by atoms with E-state index < -0.39 is 17.5 Å². The largest absolute Gasteiger partial charge is 0.466 e. The molecule has 1 fully saturated rings. The van der Waals surface area contributed by atoms with E-state index in [4.69, 9.17) is 4.74 Å². The van der Waals surface area contributed by atoms with Crippen LogP contribution in [0.25, 0.3) is 0 Å². The number of rotatable bonds is 1. The van der Waals surface area contributed by atoms with E-state index >= 15 is 0 Å². The highest BCUT2D eigenvalue weighted by Crippen LogP contribution is 2.35. The summed E-state index contributed by atoms with van der Waals surface area (Å²) in [5.41, 5.74) is -0.168. The zero-order valence-corrected chi connectivity index (χ0v) is 8.79. The van der Waals surface area contributed by atoms with E-state index in [0.29, 0.717) is 5.57 Å². The fourth-order valence-corrected chi connectivity index (χ4v) is 1.31. The Hall–Kier alpha value is -1.32. The fourth-order valence-electron chi connectivity index (χ4n) is 1.31. The molecule has 0 bridgehead atoms. The van der Waals surface area contributed by atoms with Crippen molar-refractivity contribution in [2.45, 2.75) is 26.4 Å². The lowest BCUT2D eigenvalue weighted by Crippen LogP contribution is -2.25. The molecule has 78 valence electrons. The summed E-state index contributed by atoms with van der Waals surface area (Å²) in [7, 11) is 1.27. The van der Waals surface area contributed by atoms with E-state index in [1.807, 2.05) is 20.8 Å². The number of ether oxygens (including phenoxy) is 2. The molecule has 0 aliphatic carbocycles. The Morgan fingerprint density at radius 2 is 2.14 bits per heavy atom. The van der Waals surface area contributed by atoms with Crippen molar-refractivity contribution in [2.75, 3.05) is 7.11 Å². The third-order valence-corrected chi connectivity index (χ3v) is 2.58. The number of hydrogen-bond acceptors (Lipinski definition) is 4. The van der Waals surface area contributed by atoms with Crippen molar-refractivity contribution >= 4 is 11.9 Å². The maximum absolute atomic E-state index is 11.4. The highest BCUT2D eigenvalue weighted by atomic mass is 16.6. The average molecular weight is 198 g/mol. The predicted octanol–water partition coefficient (Wildman–Crippen LogP) is 1.06. The molecule has 14 heavy (non-hydrogen) atoms. The first-order valence-electron chi connectivity index (χ1n) is 4.41. The lowest BCUT2D eigenvalue weighted by Gasteiger charge is -2.20. The number of carbonyl (C=O) groups excluding carboxylic acids is 2. The van der Waals surface area contributed by atoms with Crippen LogP contribution in [0.5, 0.6) is 0 Å². The molecule has 0 saturated carbocycles. The van der Waals surface area contributed by atoms with Crippen LogP contribution in [-0.4, -0.2) is 24.6 Å². The van der Waals surface area contributed by atoms with Crippen molar-refractivity contribution in [3.05, 3.63) is 11.6 Å². The molecule has 0 aromatic carbocycles. The standard InChI is InChI=1S/C10H14O4/c1-6-7(5-8(11)13-4)9(12)14-10(6,2)3/h5-6H,1-4H3. The normalized spacial score (nSPS) is 27.6. The molecule has 0 N–H and O–H groups in total. The van der Waals surface area contributed by atoms with Crippen LogP contribution in [0.4, 0.5) is 0 Å². The number of carbonyl (C=O) groups is 2. The SMILES string of the molecule is COC(=O)C=C1C(=O)OC(C)(C)C1C. The van der Waals surface area contributed by atoms with Crippen LogP contribution >= 0.6 is 0 Å². The molecule has 0 spiro atoms. The Bertz CT molecular complexity index is 301. The number of esters is 2. The second kappa shape index (κ2) is 3.44. The molecule has 0 aromatic heterocycles. The van der Waals surface area contributed by atoms with Crippen LogP contribution in [0.15, 0.2) is 11.6 Å². The highest BCUT2D eigenvalue weighted by Gasteiger charge is 2.43. The molecule has 1 aliphatic rings. The van der Waals surface area contributed by atoms with Gasteiger partial charge in [0.05, 0.1) is 12.7 Å². The molecule has 0 radical (unpaired) electrons. The first-order valence-corrected chi connectivity index (χ1v) is 4.41. The maximum Gasteiger partial charge on any atom is 0.335 e. The van der Waals surface area contributed by atoms with E-state index in [0.717, 1.165) is 0 Å². The van der Waals surface area contributed by atoms with E-state index in [1.165, 1.54) is 13.2 Å². The zero-order valence-electron chi connectivity index (χ0n) is 8.79. The van der Waals surface area contributed by atoms with Crippen molar-refractivity contribution in [3.8, 4) is 0 Å². The number of hydrogen-bond donors (Lipinski definition) is 0. The van der Waals surface area contributed by atoms with Gasteiger partial charge in [-0.2, -0.15) is 0 Å². The van der Waals surface area contributed by atoms with Crippen molar-refractivity contribution in [1.29, 1.82) is 0 Å². The molecule has 0 aromatic rings. The topological polar surface area (TPSA) is 52.6 Å². The van der Waals surface area contributed by atoms with Crippen molar-refractivity contribution < 1.29 is 19.1 Å². The van der Waals surface area contributed by atoms with Gasteiger partial charge in [0, 0.05) is 12.0 Å². The van der Waals surface area contributed by atoms with Gasteiger partial charge in [-0.15, -0.1) is 0 Å². The lowest BCUT2D eigenvalue weighted by molar-refractivity contribution is -0.145. The van der Waals surface area contributed by atoms with Crippen molar-refractivity contribution in [2.24, 2.45) is 5.92 Å². The Balaban J connectivity index is 2.96. The summed E-state index contributed by atoms with van der Waals surface area (Å²) in [5.74, 6) is -1.07. The molecule has 0 amide bonds. The molecule has 1 aliphatic heterocycles. The molecule has 1 atom stereocenters. The minimum atomic E-state index is -0.545. The summed E-state index contributed by atoms with van der Waals surface area (Å²) in [6.45, 7) is 5.47. The van der Waals surface area contributed by atoms with Gasteiger partial charge in [-0.25, -0.2) is 9.59 Å². The number of methoxy groups -OCH3 is 1. The Kier molecular flexibility index (Phi) is 2.64. The summed E-state index contributed by atoms with van der Waals surface area (Å²) >= 11 is 0. The van der Waals surface area contributed by atoms with Gasteiger partial charge in [-0.05, 0) is 13.8 Å². The third kappa shape index (κ3) is 1.78. The lowest BCUT2D eigenvalue weighted by atomic mass is 9.89. The van der Waals surface area contributed by atoms with E-state index in [2.05, 4.69) is 4.74 Å². The minimum Gasteiger partial charge on any atom is -0.466 e.